The first-order valence-corrected chi connectivity index (χ1v) is 12.6. The molecule has 0 spiro atoms. The maximum absolute atomic E-state index is 14.0. The molecule has 0 saturated carbocycles. The smallest absolute Gasteiger partial charge is 0.270 e. The number of aromatic nitrogens is 3. The summed E-state index contributed by atoms with van der Waals surface area (Å²) in [5.74, 6) is 0.829. The van der Waals surface area contributed by atoms with Crippen LogP contribution in [0.15, 0.2) is 96.5 Å². The summed E-state index contributed by atoms with van der Waals surface area (Å²) in [5.41, 5.74) is 0.659. The van der Waals surface area contributed by atoms with Crippen molar-refractivity contribution in [3.8, 4) is 17.2 Å². The summed E-state index contributed by atoms with van der Waals surface area (Å²) >= 11 is 0. The molecule has 2 heterocycles. The fourth-order valence-electron chi connectivity index (χ4n) is 3.81. The van der Waals surface area contributed by atoms with E-state index in [2.05, 4.69) is 15.0 Å². The number of fused-ring (bicyclic) bond motifs is 1. The molecule has 0 aliphatic heterocycles. The van der Waals surface area contributed by atoms with Crippen molar-refractivity contribution in [2.75, 3.05) is 11.4 Å². The number of hydrogen-bond donors (Lipinski definition) is 0. The van der Waals surface area contributed by atoms with Crippen LogP contribution in [0.2, 0.25) is 0 Å². The van der Waals surface area contributed by atoms with E-state index < -0.39 is 10.0 Å². The lowest BCUT2D eigenvalue weighted by molar-refractivity contribution is 0.410. The SMILES string of the molecule is COc1cc(Oc2ccc(F)c(C)c2)ccc1N(c1ccncn1)S(=O)(=O)c1ccc2cnccc2c1. The number of hydrogen-bond acceptors (Lipinski definition) is 7. The second-order valence-electron chi connectivity index (χ2n) is 8.07. The largest absolute Gasteiger partial charge is 0.494 e. The van der Waals surface area contributed by atoms with Crippen molar-refractivity contribution in [2.24, 2.45) is 0 Å². The first kappa shape index (κ1) is 24.1. The minimum atomic E-state index is -4.15. The van der Waals surface area contributed by atoms with Crippen LogP contribution in [-0.2, 0) is 10.0 Å². The number of aryl methyl sites for hydroxylation is 1. The summed E-state index contributed by atoms with van der Waals surface area (Å²) in [6.07, 6.45) is 5.99. The molecule has 37 heavy (non-hydrogen) atoms. The minimum Gasteiger partial charge on any atom is -0.494 e. The molecule has 5 rings (SSSR count). The Bertz CT molecular complexity index is 1700. The molecular formula is C27H21FN4O4S. The van der Waals surface area contributed by atoms with Gasteiger partial charge in [-0.15, -0.1) is 0 Å². The van der Waals surface area contributed by atoms with Crippen LogP contribution in [0.3, 0.4) is 0 Å². The van der Waals surface area contributed by atoms with E-state index in [1.54, 1.807) is 61.8 Å². The van der Waals surface area contributed by atoms with Gasteiger partial charge in [0.1, 0.15) is 35.1 Å². The molecule has 0 unspecified atom stereocenters. The fraction of sp³-hybridized carbons (Fsp3) is 0.0741. The molecule has 8 nitrogen and oxygen atoms in total. The van der Waals surface area contributed by atoms with Gasteiger partial charge >= 0.3 is 0 Å². The number of benzene rings is 3. The minimum absolute atomic E-state index is 0.0639. The Morgan fingerprint density at radius 1 is 0.865 bits per heavy atom. The van der Waals surface area contributed by atoms with Crippen molar-refractivity contribution < 1.29 is 22.3 Å². The number of anilines is 2. The predicted octanol–water partition coefficient (Wildman–Crippen LogP) is 5.80. The Morgan fingerprint density at radius 3 is 2.41 bits per heavy atom. The highest BCUT2D eigenvalue weighted by atomic mass is 32.2. The van der Waals surface area contributed by atoms with E-state index in [4.69, 9.17) is 9.47 Å². The third-order valence-electron chi connectivity index (χ3n) is 5.66. The van der Waals surface area contributed by atoms with Gasteiger partial charge in [0.2, 0.25) is 0 Å². The third-order valence-corrected chi connectivity index (χ3v) is 7.37. The lowest BCUT2D eigenvalue weighted by atomic mass is 10.2. The average molecular weight is 517 g/mol. The number of methoxy groups -OCH3 is 1. The monoisotopic (exact) mass is 516 g/mol. The van der Waals surface area contributed by atoms with Crippen molar-refractivity contribution in [1.82, 2.24) is 15.0 Å². The van der Waals surface area contributed by atoms with Crippen molar-refractivity contribution in [3.05, 3.63) is 103 Å². The summed E-state index contributed by atoms with van der Waals surface area (Å²) in [7, 11) is -2.72. The van der Waals surface area contributed by atoms with E-state index in [0.29, 0.717) is 17.1 Å². The van der Waals surface area contributed by atoms with Gasteiger partial charge in [0.15, 0.2) is 5.82 Å². The first-order chi connectivity index (χ1) is 17.9. The summed E-state index contributed by atoms with van der Waals surface area (Å²) in [6, 6.07) is 17.2. The zero-order chi connectivity index (χ0) is 26.0. The molecule has 0 radical (unpaired) electrons. The maximum Gasteiger partial charge on any atom is 0.270 e. The van der Waals surface area contributed by atoms with E-state index in [1.807, 2.05) is 0 Å². The highest BCUT2D eigenvalue weighted by molar-refractivity contribution is 7.93. The average Bonchev–Trinajstić information content (AvgIpc) is 2.92. The van der Waals surface area contributed by atoms with Gasteiger partial charge in [0, 0.05) is 36.1 Å². The van der Waals surface area contributed by atoms with E-state index in [0.717, 1.165) is 15.1 Å². The Labute approximate surface area is 213 Å². The van der Waals surface area contributed by atoms with Crippen molar-refractivity contribution in [2.45, 2.75) is 11.8 Å². The van der Waals surface area contributed by atoms with E-state index >= 15 is 0 Å². The van der Waals surface area contributed by atoms with Gasteiger partial charge in [-0.3, -0.25) is 4.98 Å². The van der Waals surface area contributed by atoms with Crippen LogP contribution >= 0.6 is 0 Å². The van der Waals surface area contributed by atoms with Crippen molar-refractivity contribution in [1.29, 1.82) is 0 Å². The quantitative estimate of drug-likeness (QED) is 0.270. The second-order valence-corrected chi connectivity index (χ2v) is 9.86. The molecule has 0 bridgehead atoms. The van der Waals surface area contributed by atoms with Gasteiger partial charge in [-0.2, -0.15) is 0 Å². The molecule has 3 aromatic carbocycles. The molecule has 0 atom stereocenters. The first-order valence-electron chi connectivity index (χ1n) is 11.1. The molecule has 0 aliphatic carbocycles. The predicted molar refractivity (Wildman–Crippen MR) is 137 cm³/mol. The number of sulfonamides is 1. The molecular weight excluding hydrogens is 495 g/mol. The molecule has 10 heteroatoms. The van der Waals surface area contributed by atoms with Crippen LogP contribution in [0.5, 0.6) is 17.2 Å². The molecule has 0 fully saturated rings. The second kappa shape index (κ2) is 9.82. The third kappa shape index (κ3) is 4.78. The van der Waals surface area contributed by atoms with Gasteiger partial charge in [-0.25, -0.2) is 27.1 Å². The highest BCUT2D eigenvalue weighted by Crippen LogP contribution is 2.40. The van der Waals surface area contributed by atoms with Crippen molar-refractivity contribution >= 4 is 32.3 Å². The van der Waals surface area contributed by atoms with Gasteiger partial charge in [-0.05, 0) is 66.4 Å². The number of nitrogens with zero attached hydrogens (tertiary/aromatic N) is 4. The molecule has 5 aromatic rings. The van der Waals surface area contributed by atoms with Crippen LogP contribution in [0, 0.1) is 12.7 Å². The molecule has 0 amide bonds. The lowest BCUT2D eigenvalue weighted by Gasteiger charge is -2.25. The summed E-state index contributed by atoms with van der Waals surface area (Å²) in [4.78, 5) is 12.3. The van der Waals surface area contributed by atoms with Crippen LogP contribution in [0.4, 0.5) is 15.9 Å². The van der Waals surface area contributed by atoms with Crippen LogP contribution < -0.4 is 13.8 Å². The number of pyridine rings is 1. The Kier molecular flexibility index (Phi) is 6.41. The summed E-state index contributed by atoms with van der Waals surface area (Å²) in [5, 5.41) is 1.54. The van der Waals surface area contributed by atoms with Crippen molar-refractivity contribution in [3.63, 3.8) is 0 Å². The molecule has 186 valence electrons. The number of halogens is 1. The normalized spacial score (nSPS) is 11.3. The van der Waals surface area contributed by atoms with Crippen LogP contribution in [0.25, 0.3) is 10.8 Å². The van der Waals surface area contributed by atoms with E-state index in [9.17, 15) is 12.8 Å². The maximum atomic E-state index is 14.0. The van der Waals surface area contributed by atoms with Gasteiger partial charge in [0.05, 0.1) is 12.0 Å². The zero-order valence-electron chi connectivity index (χ0n) is 19.9. The Morgan fingerprint density at radius 2 is 1.65 bits per heavy atom. The van der Waals surface area contributed by atoms with Gasteiger partial charge in [-0.1, -0.05) is 6.07 Å². The van der Waals surface area contributed by atoms with Crippen LogP contribution in [0.1, 0.15) is 5.56 Å². The standard InChI is InChI=1S/C27H21FN4O4S/c1-18-13-21(4-7-24(18)28)36-22-5-8-25(26(15-22)35-2)32(27-10-12-30-17-31-27)37(33,34)23-6-3-20-16-29-11-9-19(20)14-23/h3-17H,1-2H3. The van der Waals surface area contributed by atoms with Gasteiger partial charge in [0.25, 0.3) is 10.0 Å². The van der Waals surface area contributed by atoms with Gasteiger partial charge < -0.3 is 9.47 Å². The summed E-state index contributed by atoms with van der Waals surface area (Å²) in [6.45, 7) is 1.64. The van der Waals surface area contributed by atoms with E-state index in [1.165, 1.54) is 43.9 Å². The molecule has 0 saturated heterocycles. The lowest BCUT2D eigenvalue weighted by Crippen LogP contribution is -2.27. The molecule has 2 aromatic heterocycles. The zero-order valence-corrected chi connectivity index (χ0v) is 20.7. The Hall–Kier alpha value is -4.57. The molecule has 0 aliphatic rings. The topological polar surface area (TPSA) is 94.5 Å². The Balaban J connectivity index is 1.60. The number of rotatable bonds is 7. The fourth-order valence-corrected chi connectivity index (χ4v) is 5.30. The summed E-state index contributed by atoms with van der Waals surface area (Å²) < 4.78 is 54.2. The highest BCUT2D eigenvalue weighted by Gasteiger charge is 2.30. The molecule has 0 N–H and O–H groups in total. The van der Waals surface area contributed by atoms with Crippen LogP contribution in [-0.4, -0.2) is 30.5 Å². The number of ether oxygens (including phenoxy) is 2. The van der Waals surface area contributed by atoms with E-state index in [-0.39, 0.29) is 28.0 Å².